The fraction of sp³-hybridized carbons (Fsp3) is 0.579. The van der Waals surface area contributed by atoms with Gasteiger partial charge in [-0.2, -0.15) is 0 Å². The summed E-state index contributed by atoms with van der Waals surface area (Å²) in [5.74, 6) is -0.306. The zero-order valence-corrected chi connectivity index (χ0v) is 17.0. The van der Waals surface area contributed by atoms with Crippen molar-refractivity contribution >= 4 is 25.2 Å². The van der Waals surface area contributed by atoms with E-state index < -0.39 is 8.24 Å². The fourth-order valence-electron chi connectivity index (χ4n) is 4.50. The lowest BCUT2D eigenvalue weighted by Crippen LogP contribution is -2.51. The number of rotatable bonds is 6. The number of aromatic nitrogens is 2. The molecule has 0 aliphatic rings. The number of esters is 1. The van der Waals surface area contributed by atoms with Crippen molar-refractivity contribution in [2.75, 3.05) is 6.61 Å². The first-order chi connectivity index (χ1) is 11.3. The summed E-state index contributed by atoms with van der Waals surface area (Å²) in [5, 5.41) is 1.01. The van der Waals surface area contributed by atoms with E-state index in [-0.39, 0.29) is 5.97 Å². The fourth-order valence-corrected chi connectivity index (χ4v) is 11.1. The molecule has 0 saturated carbocycles. The van der Waals surface area contributed by atoms with E-state index in [4.69, 9.17) is 4.74 Å². The monoisotopic (exact) mass is 346 g/mol. The summed E-state index contributed by atoms with van der Waals surface area (Å²) in [6.45, 7) is 16.2. The second-order valence-electron chi connectivity index (χ2n) is 7.39. The first kappa shape index (κ1) is 18.7. The van der Waals surface area contributed by atoms with Gasteiger partial charge in [0.1, 0.15) is 5.65 Å². The molecular formula is C19H30N2O2Si. The van der Waals surface area contributed by atoms with Crippen molar-refractivity contribution in [2.45, 2.75) is 65.1 Å². The minimum absolute atomic E-state index is 0.306. The van der Waals surface area contributed by atoms with Crippen LogP contribution in [0.1, 0.15) is 58.8 Å². The van der Waals surface area contributed by atoms with Gasteiger partial charge >= 0.3 is 5.97 Å². The number of carbonyl (C=O) groups is 1. The van der Waals surface area contributed by atoms with E-state index in [0.717, 1.165) is 11.0 Å². The van der Waals surface area contributed by atoms with Crippen molar-refractivity contribution < 1.29 is 9.53 Å². The molecule has 0 N–H and O–H groups in total. The Morgan fingerprint density at radius 3 is 2.25 bits per heavy atom. The van der Waals surface area contributed by atoms with E-state index in [1.54, 1.807) is 6.20 Å². The number of ether oxygens (including phenoxy) is 1. The minimum Gasteiger partial charge on any atom is -0.462 e. The third kappa shape index (κ3) is 2.90. The maximum absolute atomic E-state index is 12.0. The summed E-state index contributed by atoms with van der Waals surface area (Å²) in [4.78, 5) is 16.6. The molecule has 0 amide bonds. The molecule has 0 spiro atoms. The summed E-state index contributed by atoms with van der Waals surface area (Å²) in [6.07, 6.45) is 3.83. The zero-order chi connectivity index (χ0) is 18.1. The van der Waals surface area contributed by atoms with Gasteiger partial charge in [0.25, 0.3) is 0 Å². The van der Waals surface area contributed by atoms with Gasteiger partial charge in [0.05, 0.1) is 12.2 Å². The van der Waals surface area contributed by atoms with Gasteiger partial charge in [-0.3, -0.25) is 0 Å². The predicted octanol–water partition coefficient (Wildman–Crippen LogP) is 5.24. The second-order valence-corrected chi connectivity index (χ2v) is 13.1. The quantitative estimate of drug-likeness (QED) is 0.531. The molecule has 0 saturated heterocycles. The van der Waals surface area contributed by atoms with Crippen LogP contribution in [0.25, 0.3) is 11.0 Å². The summed E-state index contributed by atoms with van der Waals surface area (Å²) in [7, 11) is -1.84. The van der Waals surface area contributed by atoms with Crippen LogP contribution in [0.15, 0.2) is 24.5 Å². The Morgan fingerprint density at radius 2 is 1.75 bits per heavy atom. The molecule has 132 valence electrons. The molecule has 0 aliphatic carbocycles. The smallest absolute Gasteiger partial charge is 0.339 e. The van der Waals surface area contributed by atoms with Crippen molar-refractivity contribution in [3.8, 4) is 0 Å². The van der Waals surface area contributed by atoms with Crippen LogP contribution in [0, 0.1) is 0 Å². The molecule has 2 aromatic rings. The van der Waals surface area contributed by atoms with Crippen LogP contribution in [0.2, 0.25) is 16.6 Å². The Bertz CT molecular complexity index is 697. The summed E-state index contributed by atoms with van der Waals surface area (Å²) < 4.78 is 7.54. The van der Waals surface area contributed by atoms with Gasteiger partial charge in [-0.05, 0) is 41.9 Å². The predicted molar refractivity (Wildman–Crippen MR) is 102 cm³/mol. The highest BCUT2D eigenvalue weighted by molar-refractivity contribution is 6.82. The minimum atomic E-state index is -1.84. The Morgan fingerprint density at radius 1 is 1.17 bits per heavy atom. The molecule has 4 nitrogen and oxygen atoms in total. The molecular weight excluding hydrogens is 316 g/mol. The maximum Gasteiger partial charge on any atom is 0.339 e. The lowest BCUT2D eigenvalue weighted by molar-refractivity contribution is 0.0526. The maximum atomic E-state index is 12.0. The average molecular weight is 347 g/mol. The molecule has 0 radical (unpaired) electrons. The number of hydrogen-bond donors (Lipinski definition) is 0. The normalized spacial score (nSPS) is 12.6. The zero-order valence-electron chi connectivity index (χ0n) is 16.0. The topological polar surface area (TPSA) is 44.1 Å². The highest BCUT2D eigenvalue weighted by Gasteiger charge is 2.45. The number of fused-ring (bicyclic) bond motifs is 1. The SMILES string of the molecule is CCOC(=O)c1cnc2c(ccn2[Si](C(C)C)(C(C)C)C(C)C)c1. The Kier molecular flexibility index (Phi) is 5.53. The summed E-state index contributed by atoms with van der Waals surface area (Å²) in [6, 6.07) is 3.98. The standard InChI is InChI=1S/C19H30N2O2Si/c1-8-23-19(22)17-11-16-9-10-21(18(16)20-12-17)24(13(2)3,14(4)5)15(6)7/h9-15H,8H2,1-7H3. The van der Waals surface area contributed by atoms with Crippen molar-refractivity contribution in [3.05, 3.63) is 30.1 Å². The number of nitrogens with zero attached hydrogens (tertiary/aromatic N) is 2. The number of pyridine rings is 1. The van der Waals surface area contributed by atoms with E-state index in [0.29, 0.717) is 28.8 Å². The average Bonchev–Trinajstić information content (AvgIpc) is 2.90. The highest BCUT2D eigenvalue weighted by Crippen LogP contribution is 2.43. The molecule has 0 unspecified atom stereocenters. The molecule has 0 bridgehead atoms. The van der Waals surface area contributed by atoms with Crippen LogP contribution in [0.5, 0.6) is 0 Å². The molecule has 0 fully saturated rings. The van der Waals surface area contributed by atoms with E-state index in [1.807, 2.05) is 13.0 Å². The van der Waals surface area contributed by atoms with Crippen LogP contribution in [-0.2, 0) is 4.74 Å². The highest BCUT2D eigenvalue weighted by atomic mass is 28.3. The number of carbonyl (C=O) groups excluding carboxylic acids is 1. The lowest BCUT2D eigenvalue weighted by Gasteiger charge is -2.44. The first-order valence-electron chi connectivity index (χ1n) is 8.91. The van der Waals surface area contributed by atoms with Gasteiger partial charge < -0.3 is 8.97 Å². The summed E-state index contributed by atoms with van der Waals surface area (Å²) >= 11 is 0. The van der Waals surface area contributed by atoms with Crippen molar-refractivity contribution in [1.82, 2.24) is 9.22 Å². The van der Waals surface area contributed by atoms with Gasteiger partial charge in [-0.25, -0.2) is 9.78 Å². The van der Waals surface area contributed by atoms with E-state index >= 15 is 0 Å². The van der Waals surface area contributed by atoms with Gasteiger partial charge in [-0.15, -0.1) is 0 Å². The van der Waals surface area contributed by atoms with Gasteiger partial charge in [-0.1, -0.05) is 41.5 Å². The Hall–Kier alpha value is -1.62. The van der Waals surface area contributed by atoms with E-state index in [2.05, 4.69) is 63.0 Å². The Balaban J connectivity index is 2.62. The van der Waals surface area contributed by atoms with Gasteiger partial charge in [0.2, 0.25) is 0 Å². The van der Waals surface area contributed by atoms with Crippen molar-refractivity contribution in [2.24, 2.45) is 0 Å². The lowest BCUT2D eigenvalue weighted by atomic mass is 10.2. The Labute approximate surface area is 146 Å². The molecule has 2 heterocycles. The van der Waals surface area contributed by atoms with Crippen LogP contribution >= 0.6 is 0 Å². The molecule has 0 aromatic carbocycles. The molecule has 5 heteroatoms. The number of hydrogen-bond acceptors (Lipinski definition) is 3. The summed E-state index contributed by atoms with van der Waals surface area (Å²) in [5.41, 5.74) is 3.30. The molecule has 2 aromatic heterocycles. The largest absolute Gasteiger partial charge is 0.462 e. The van der Waals surface area contributed by atoms with E-state index in [9.17, 15) is 4.79 Å². The molecule has 2 rings (SSSR count). The third-order valence-electron chi connectivity index (χ3n) is 5.23. The third-order valence-corrected chi connectivity index (χ3v) is 12.0. The van der Waals surface area contributed by atoms with Crippen LogP contribution in [0.3, 0.4) is 0 Å². The van der Waals surface area contributed by atoms with Gasteiger partial charge in [0, 0.05) is 11.6 Å². The van der Waals surface area contributed by atoms with Crippen LogP contribution < -0.4 is 0 Å². The van der Waals surface area contributed by atoms with Crippen molar-refractivity contribution in [3.63, 3.8) is 0 Å². The van der Waals surface area contributed by atoms with Gasteiger partial charge in [0.15, 0.2) is 8.24 Å². The second kappa shape index (κ2) is 7.09. The molecule has 0 aliphatic heterocycles. The van der Waals surface area contributed by atoms with Crippen LogP contribution in [-0.4, -0.2) is 30.0 Å². The molecule has 0 atom stereocenters. The van der Waals surface area contributed by atoms with E-state index in [1.165, 1.54) is 0 Å². The first-order valence-corrected chi connectivity index (χ1v) is 11.1. The van der Waals surface area contributed by atoms with Crippen LogP contribution in [0.4, 0.5) is 0 Å². The molecule has 24 heavy (non-hydrogen) atoms. The van der Waals surface area contributed by atoms with Crippen molar-refractivity contribution in [1.29, 1.82) is 0 Å².